The van der Waals surface area contributed by atoms with E-state index in [0.717, 1.165) is 5.56 Å². The molecule has 0 aliphatic heterocycles. The van der Waals surface area contributed by atoms with Gasteiger partial charge >= 0.3 is 5.97 Å². The summed E-state index contributed by atoms with van der Waals surface area (Å²) in [4.78, 5) is 15.3. The molecule has 1 aromatic heterocycles. The van der Waals surface area contributed by atoms with Crippen molar-refractivity contribution in [2.24, 2.45) is 0 Å². The number of thiophene rings is 1. The van der Waals surface area contributed by atoms with Crippen LogP contribution in [0.3, 0.4) is 0 Å². The van der Waals surface area contributed by atoms with E-state index < -0.39 is 5.60 Å². The number of hydrogen-bond acceptors (Lipinski definition) is 2. The highest BCUT2D eigenvalue weighted by molar-refractivity contribution is 7.45. The fourth-order valence-corrected chi connectivity index (χ4v) is 5.67. The van der Waals surface area contributed by atoms with Crippen LogP contribution in [0.15, 0.2) is 84.9 Å². The van der Waals surface area contributed by atoms with Gasteiger partial charge in [0.05, 0.1) is 5.56 Å². The summed E-state index contributed by atoms with van der Waals surface area (Å²) in [6.07, 6.45) is 0. The van der Waals surface area contributed by atoms with E-state index in [1.807, 2.05) is 56.3 Å². The van der Waals surface area contributed by atoms with Crippen molar-refractivity contribution in [3.63, 3.8) is 0 Å². The highest BCUT2D eigenvalue weighted by Crippen LogP contribution is 2.43. The summed E-state index contributed by atoms with van der Waals surface area (Å²) in [5, 5.41) is 1.29. The molecule has 0 saturated carbocycles. The number of benzene rings is 3. The Balaban J connectivity index is 1.59. The Morgan fingerprint density at radius 2 is 1.50 bits per heavy atom. The Bertz CT molecular complexity index is 1120. The monoisotopic (exact) mass is 387 g/mol. The minimum atomic E-state index is -0.678. The molecule has 0 bridgehead atoms. The van der Waals surface area contributed by atoms with Gasteiger partial charge in [0.25, 0.3) is 0 Å². The van der Waals surface area contributed by atoms with Gasteiger partial charge in [0, 0.05) is 28.8 Å². The van der Waals surface area contributed by atoms with E-state index in [4.69, 9.17) is 4.74 Å². The number of hydrogen-bond donors (Lipinski definition) is 0. The first-order chi connectivity index (χ1) is 13.5. The van der Waals surface area contributed by atoms with Crippen molar-refractivity contribution in [2.75, 3.05) is 0 Å². The standard InChI is InChI=1S/C25H23O2S/c1-18-17-20-9-7-8-12-23(20)28(18)22-15-13-19(14-16-22)24(26)27-25(2,3)21-10-5-4-6-11-21/h4-17H,1-3H3/q+1. The number of esters is 1. The van der Waals surface area contributed by atoms with Gasteiger partial charge in [-0.05, 0) is 55.8 Å². The molecule has 0 amide bonds. The molecule has 3 heteroatoms. The lowest BCUT2D eigenvalue weighted by Gasteiger charge is -2.25. The second-order valence-electron chi connectivity index (χ2n) is 7.39. The molecule has 28 heavy (non-hydrogen) atoms. The van der Waals surface area contributed by atoms with E-state index in [9.17, 15) is 4.79 Å². The Kier molecular flexibility index (Phi) is 4.78. The van der Waals surface area contributed by atoms with Gasteiger partial charge in [-0.3, -0.25) is 0 Å². The van der Waals surface area contributed by atoms with Crippen LogP contribution in [0, 0.1) is 6.92 Å². The third-order valence-corrected chi connectivity index (χ3v) is 7.28. The first-order valence-corrected chi connectivity index (χ1v) is 10.6. The molecule has 0 aliphatic rings. The number of aryl methyl sites for hydroxylation is 1. The third kappa shape index (κ3) is 3.46. The van der Waals surface area contributed by atoms with Crippen molar-refractivity contribution < 1.29 is 9.53 Å². The molecule has 0 aliphatic carbocycles. The zero-order valence-electron chi connectivity index (χ0n) is 16.3. The van der Waals surface area contributed by atoms with E-state index in [1.54, 1.807) is 0 Å². The molecule has 0 radical (unpaired) electrons. The zero-order valence-corrected chi connectivity index (χ0v) is 17.1. The molecular formula is C25H23O2S+. The Morgan fingerprint density at radius 3 is 2.21 bits per heavy atom. The largest absolute Gasteiger partial charge is 0.451 e. The molecule has 0 spiro atoms. The Hall–Kier alpha value is -2.91. The summed E-state index contributed by atoms with van der Waals surface area (Å²) >= 11 is 0. The number of carbonyl (C=O) groups excluding carboxylic acids is 1. The lowest BCUT2D eigenvalue weighted by Crippen LogP contribution is -2.25. The van der Waals surface area contributed by atoms with Gasteiger partial charge in [0.1, 0.15) is 5.60 Å². The molecule has 4 rings (SSSR count). The number of ether oxygens (including phenoxy) is 1. The van der Waals surface area contributed by atoms with Crippen LogP contribution < -0.4 is 0 Å². The molecule has 0 N–H and O–H groups in total. The van der Waals surface area contributed by atoms with Gasteiger partial charge in [-0.2, -0.15) is 0 Å². The minimum Gasteiger partial charge on any atom is -0.451 e. The predicted molar refractivity (Wildman–Crippen MR) is 117 cm³/mol. The molecule has 3 aromatic carbocycles. The van der Waals surface area contributed by atoms with Gasteiger partial charge < -0.3 is 4.74 Å². The van der Waals surface area contributed by atoms with Gasteiger partial charge in [-0.15, -0.1) is 0 Å². The number of carbonyl (C=O) groups is 1. The maximum absolute atomic E-state index is 12.7. The minimum absolute atomic E-state index is 0.0716. The average Bonchev–Trinajstić information content (AvgIpc) is 3.04. The highest BCUT2D eigenvalue weighted by Gasteiger charge is 2.26. The summed E-state index contributed by atoms with van der Waals surface area (Å²) in [5.74, 6) is -0.303. The van der Waals surface area contributed by atoms with Crippen LogP contribution in [0.4, 0.5) is 0 Å². The van der Waals surface area contributed by atoms with Crippen molar-refractivity contribution >= 4 is 26.5 Å². The first-order valence-electron chi connectivity index (χ1n) is 9.36. The molecule has 0 fully saturated rings. The van der Waals surface area contributed by atoms with Crippen molar-refractivity contribution in [1.82, 2.24) is 0 Å². The Morgan fingerprint density at radius 1 is 0.857 bits per heavy atom. The van der Waals surface area contributed by atoms with Gasteiger partial charge in [-0.25, -0.2) is 4.79 Å². The fraction of sp³-hybridized carbons (Fsp3) is 0.160. The van der Waals surface area contributed by atoms with Crippen LogP contribution in [0.1, 0.15) is 34.6 Å². The van der Waals surface area contributed by atoms with Crippen molar-refractivity contribution in [2.45, 2.75) is 26.4 Å². The third-order valence-electron chi connectivity index (χ3n) is 4.96. The van der Waals surface area contributed by atoms with E-state index in [0.29, 0.717) is 5.56 Å². The van der Waals surface area contributed by atoms with Crippen LogP contribution >= 0.6 is 10.5 Å². The van der Waals surface area contributed by atoms with E-state index in [2.05, 4.69) is 49.4 Å². The topological polar surface area (TPSA) is 26.3 Å². The van der Waals surface area contributed by atoms with Crippen LogP contribution in [-0.4, -0.2) is 5.97 Å². The van der Waals surface area contributed by atoms with Gasteiger partial charge in [-0.1, -0.05) is 42.5 Å². The van der Waals surface area contributed by atoms with Crippen LogP contribution in [-0.2, 0) is 10.3 Å². The van der Waals surface area contributed by atoms with Crippen molar-refractivity contribution in [1.29, 1.82) is 0 Å². The lowest BCUT2D eigenvalue weighted by atomic mass is 9.98. The summed E-state index contributed by atoms with van der Waals surface area (Å²) in [6.45, 7) is 6.01. The first kappa shape index (κ1) is 18.5. The van der Waals surface area contributed by atoms with Gasteiger partial charge in [0.15, 0.2) is 14.5 Å². The van der Waals surface area contributed by atoms with Crippen LogP contribution in [0.25, 0.3) is 15.0 Å². The second-order valence-corrected chi connectivity index (χ2v) is 9.56. The predicted octanol–water partition coefficient (Wildman–Crippen LogP) is 6.98. The summed E-state index contributed by atoms with van der Waals surface area (Å²) in [7, 11) is -0.0716. The molecule has 1 atom stereocenters. The second kappa shape index (κ2) is 7.25. The lowest BCUT2D eigenvalue weighted by molar-refractivity contribution is -0.00312. The molecule has 2 nitrogen and oxygen atoms in total. The average molecular weight is 388 g/mol. The maximum Gasteiger partial charge on any atom is 0.338 e. The number of rotatable bonds is 4. The molecule has 140 valence electrons. The van der Waals surface area contributed by atoms with E-state index in [-0.39, 0.29) is 16.4 Å². The summed E-state index contributed by atoms with van der Waals surface area (Å²) < 4.78 is 7.15. The van der Waals surface area contributed by atoms with E-state index >= 15 is 0 Å². The smallest absolute Gasteiger partial charge is 0.338 e. The summed E-state index contributed by atoms with van der Waals surface area (Å²) in [5.41, 5.74) is 0.873. The molecule has 1 heterocycles. The molecule has 4 aromatic rings. The summed E-state index contributed by atoms with van der Waals surface area (Å²) in [6, 6.07) is 28.4. The normalized spacial score (nSPS) is 12.2. The van der Waals surface area contributed by atoms with Gasteiger partial charge in [0.2, 0.25) is 0 Å². The quantitative estimate of drug-likeness (QED) is 0.279. The van der Waals surface area contributed by atoms with E-state index in [1.165, 1.54) is 19.9 Å². The molecule has 0 saturated heterocycles. The van der Waals surface area contributed by atoms with Crippen molar-refractivity contribution in [3.05, 3.63) is 101 Å². The highest BCUT2D eigenvalue weighted by atomic mass is 32.2. The maximum atomic E-state index is 12.7. The zero-order chi connectivity index (χ0) is 19.7. The van der Waals surface area contributed by atoms with Crippen LogP contribution in [0.2, 0.25) is 0 Å². The van der Waals surface area contributed by atoms with Crippen molar-refractivity contribution in [3.8, 4) is 4.90 Å². The molecular weight excluding hydrogens is 364 g/mol. The Labute approximate surface area is 168 Å². The molecule has 1 unspecified atom stereocenters. The van der Waals surface area contributed by atoms with Crippen LogP contribution in [0.5, 0.6) is 0 Å². The fourth-order valence-electron chi connectivity index (χ4n) is 3.47. The SMILES string of the molecule is Cc1cc2ccccc2[s+]1-c1ccc(C(=O)OC(C)(C)c2ccccc2)cc1. The number of fused-ring (bicyclic) bond motifs is 1.